The summed E-state index contributed by atoms with van der Waals surface area (Å²) in [5.41, 5.74) is 1.78. The Morgan fingerprint density at radius 3 is 2.71 bits per heavy atom. The van der Waals surface area contributed by atoms with Gasteiger partial charge in [0.2, 0.25) is 11.8 Å². The van der Waals surface area contributed by atoms with Gasteiger partial charge in [-0.2, -0.15) is 0 Å². The highest BCUT2D eigenvalue weighted by Gasteiger charge is 2.46. The maximum Gasteiger partial charge on any atom is 0.225 e. The molecule has 3 aliphatic heterocycles. The van der Waals surface area contributed by atoms with Crippen molar-refractivity contribution in [1.82, 2.24) is 4.90 Å². The number of rotatable bonds is 6. The maximum absolute atomic E-state index is 12.7. The van der Waals surface area contributed by atoms with Crippen molar-refractivity contribution in [3.63, 3.8) is 0 Å². The van der Waals surface area contributed by atoms with Gasteiger partial charge in [-0.3, -0.25) is 9.59 Å². The van der Waals surface area contributed by atoms with Crippen molar-refractivity contribution in [3.05, 3.63) is 23.8 Å². The van der Waals surface area contributed by atoms with Gasteiger partial charge in [0.15, 0.2) is 0 Å². The molecule has 0 aromatic heterocycles. The van der Waals surface area contributed by atoms with Gasteiger partial charge in [0, 0.05) is 36.7 Å². The van der Waals surface area contributed by atoms with Crippen molar-refractivity contribution in [2.45, 2.75) is 56.3 Å². The molecule has 4 atom stereocenters. The first-order valence-electron chi connectivity index (χ1n) is 11.3. The molecule has 4 aliphatic rings. The Kier molecular flexibility index (Phi) is 5.86. The third-order valence-corrected chi connectivity index (χ3v) is 6.72. The summed E-state index contributed by atoms with van der Waals surface area (Å²) in [4.78, 5) is 26.8. The van der Waals surface area contributed by atoms with Crippen LogP contribution in [-0.4, -0.2) is 73.0 Å². The van der Waals surface area contributed by atoms with Crippen molar-refractivity contribution >= 4 is 17.5 Å². The Hall–Kier alpha value is -2.16. The molecule has 2 amide bonds. The second-order valence-corrected chi connectivity index (χ2v) is 9.05. The van der Waals surface area contributed by atoms with E-state index in [1.165, 1.54) is 0 Å². The van der Waals surface area contributed by atoms with Crippen LogP contribution in [0.4, 0.5) is 5.69 Å². The van der Waals surface area contributed by atoms with Crippen LogP contribution in [0.1, 0.15) is 43.6 Å². The Bertz CT molecular complexity index is 835. The van der Waals surface area contributed by atoms with Crippen LogP contribution in [0, 0.1) is 5.92 Å². The first kappa shape index (κ1) is 20.7. The van der Waals surface area contributed by atoms with E-state index in [4.69, 9.17) is 14.2 Å². The fourth-order valence-electron chi connectivity index (χ4n) is 4.90. The second kappa shape index (κ2) is 8.76. The van der Waals surface area contributed by atoms with Crippen molar-refractivity contribution in [3.8, 4) is 5.75 Å². The average Bonchev–Trinajstić information content (AvgIpc) is 3.52. The minimum Gasteiger partial charge on any atom is -0.487 e. The molecule has 1 aliphatic carbocycles. The zero-order valence-electron chi connectivity index (χ0n) is 17.6. The molecule has 1 aromatic carbocycles. The highest BCUT2D eigenvalue weighted by atomic mass is 16.6. The van der Waals surface area contributed by atoms with Gasteiger partial charge in [-0.05, 0) is 43.4 Å². The van der Waals surface area contributed by atoms with Gasteiger partial charge in [-0.15, -0.1) is 0 Å². The van der Waals surface area contributed by atoms with Crippen molar-refractivity contribution < 1.29 is 28.9 Å². The van der Waals surface area contributed by atoms with Gasteiger partial charge in [-0.1, -0.05) is 0 Å². The minimum atomic E-state index is -0.485. The van der Waals surface area contributed by atoms with Crippen LogP contribution in [0.5, 0.6) is 5.75 Å². The predicted octanol–water partition coefficient (Wildman–Crippen LogP) is 1.67. The van der Waals surface area contributed by atoms with Crippen LogP contribution >= 0.6 is 0 Å². The van der Waals surface area contributed by atoms with Crippen molar-refractivity contribution in [2.24, 2.45) is 5.92 Å². The molecule has 3 fully saturated rings. The molecule has 3 heterocycles. The summed E-state index contributed by atoms with van der Waals surface area (Å²) in [6.07, 6.45) is 2.73. The molecule has 0 spiro atoms. The van der Waals surface area contributed by atoms with E-state index in [1.54, 1.807) is 0 Å². The van der Waals surface area contributed by atoms with E-state index in [9.17, 15) is 14.7 Å². The number of carbonyl (C=O) groups is 2. The number of amides is 2. The Morgan fingerprint density at radius 1 is 1.16 bits per heavy atom. The summed E-state index contributed by atoms with van der Waals surface area (Å²) < 4.78 is 17.5. The van der Waals surface area contributed by atoms with Crippen LogP contribution in [-0.2, 0) is 19.1 Å². The quantitative estimate of drug-likeness (QED) is 0.713. The number of hydrogen-bond acceptors (Lipinski definition) is 6. The van der Waals surface area contributed by atoms with Crippen molar-refractivity contribution in [2.75, 3.05) is 38.2 Å². The van der Waals surface area contributed by atoms with E-state index >= 15 is 0 Å². The minimum absolute atomic E-state index is 0.0173. The fraction of sp³-hybridized carbons (Fsp3) is 0.652. The van der Waals surface area contributed by atoms with E-state index in [1.807, 2.05) is 23.1 Å². The van der Waals surface area contributed by atoms with Crippen LogP contribution in [0.2, 0.25) is 0 Å². The predicted molar refractivity (Wildman–Crippen MR) is 112 cm³/mol. The van der Waals surface area contributed by atoms with E-state index < -0.39 is 6.10 Å². The molecule has 168 valence electrons. The number of anilines is 1. The van der Waals surface area contributed by atoms with Crippen LogP contribution in [0.15, 0.2) is 18.2 Å². The number of aliphatic hydroxyl groups excluding tert-OH is 1. The average molecular weight is 431 g/mol. The standard InChI is InChI=1S/C23H30N2O6/c26-13-20-23-18(11-16(30-20)12-22(28)25-5-7-29-8-6-25)17-10-15(3-4-19(17)31-23)24-21(27)9-14-1-2-14/h3-4,10,14,16,18,20,23,26H,1-2,5-9,11-13H2,(H,24,27)/t16-,18+,20+,23-/m1/s1. The van der Waals surface area contributed by atoms with E-state index in [0.29, 0.717) is 45.1 Å². The summed E-state index contributed by atoms with van der Waals surface area (Å²) in [5, 5.41) is 12.9. The molecule has 8 heteroatoms. The molecule has 5 rings (SSSR count). The number of nitrogens with one attached hydrogen (secondary N) is 1. The summed E-state index contributed by atoms with van der Waals surface area (Å²) in [6, 6.07) is 5.71. The molecular formula is C23H30N2O6. The molecule has 31 heavy (non-hydrogen) atoms. The number of morpholine rings is 1. The number of carbonyl (C=O) groups excluding carboxylic acids is 2. The zero-order chi connectivity index (χ0) is 21.4. The summed E-state index contributed by atoms with van der Waals surface area (Å²) in [7, 11) is 0. The molecular weight excluding hydrogens is 400 g/mol. The lowest BCUT2D eigenvalue weighted by molar-refractivity contribution is -0.151. The molecule has 1 saturated carbocycles. The highest BCUT2D eigenvalue weighted by Crippen LogP contribution is 2.47. The normalized spacial score (nSPS) is 29.6. The molecule has 0 radical (unpaired) electrons. The number of aliphatic hydroxyl groups is 1. The van der Waals surface area contributed by atoms with Gasteiger partial charge in [-0.25, -0.2) is 0 Å². The van der Waals surface area contributed by atoms with Crippen LogP contribution in [0.3, 0.4) is 0 Å². The van der Waals surface area contributed by atoms with Crippen LogP contribution < -0.4 is 10.1 Å². The first-order chi connectivity index (χ1) is 15.1. The van der Waals surface area contributed by atoms with Crippen LogP contribution in [0.25, 0.3) is 0 Å². The molecule has 2 N–H and O–H groups in total. The number of benzene rings is 1. The van der Waals surface area contributed by atoms with E-state index in [0.717, 1.165) is 29.8 Å². The lowest BCUT2D eigenvalue weighted by Crippen LogP contribution is -2.48. The maximum atomic E-state index is 12.7. The summed E-state index contributed by atoms with van der Waals surface area (Å²) in [5.74, 6) is 1.42. The topological polar surface area (TPSA) is 97.3 Å². The van der Waals surface area contributed by atoms with Gasteiger partial charge in [0.25, 0.3) is 0 Å². The third kappa shape index (κ3) is 4.56. The fourth-order valence-corrected chi connectivity index (χ4v) is 4.90. The largest absolute Gasteiger partial charge is 0.487 e. The van der Waals surface area contributed by atoms with Gasteiger partial charge in [0.05, 0.1) is 32.3 Å². The zero-order valence-corrected chi connectivity index (χ0v) is 17.6. The van der Waals surface area contributed by atoms with Gasteiger partial charge in [0.1, 0.15) is 18.0 Å². The molecule has 0 bridgehead atoms. The third-order valence-electron chi connectivity index (χ3n) is 6.72. The summed E-state index contributed by atoms with van der Waals surface area (Å²) >= 11 is 0. The van der Waals surface area contributed by atoms with Gasteiger partial charge >= 0.3 is 0 Å². The van der Waals surface area contributed by atoms with Gasteiger partial charge < -0.3 is 29.5 Å². The number of nitrogens with zero attached hydrogens (tertiary/aromatic N) is 1. The molecule has 1 aromatic rings. The lowest BCUT2D eigenvalue weighted by atomic mass is 9.84. The Labute approximate surface area is 181 Å². The highest BCUT2D eigenvalue weighted by molar-refractivity contribution is 5.91. The summed E-state index contributed by atoms with van der Waals surface area (Å²) in [6.45, 7) is 2.19. The smallest absolute Gasteiger partial charge is 0.225 e. The van der Waals surface area contributed by atoms with E-state index in [-0.39, 0.29) is 43.0 Å². The Balaban J connectivity index is 1.28. The molecule has 2 saturated heterocycles. The van der Waals surface area contributed by atoms with E-state index in [2.05, 4.69) is 5.32 Å². The number of hydrogen-bond donors (Lipinski definition) is 2. The molecule has 8 nitrogen and oxygen atoms in total. The monoisotopic (exact) mass is 430 g/mol. The second-order valence-electron chi connectivity index (χ2n) is 9.05. The Morgan fingerprint density at radius 2 is 1.97 bits per heavy atom. The van der Waals surface area contributed by atoms with Crippen molar-refractivity contribution in [1.29, 1.82) is 0 Å². The molecule has 0 unspecified atom stereocenters. The SMILES string of the molecule is O=C(CC1CC1)Nc1ccc2c(c1)[C@@H]1C[C@H](CC(=O)N3CCOCC3)O[C@@H](CO)[C@@H]1O2. The first-order valence-corrected chi connectivity index (χ1v) is 11.3. The number of fused-ring (bicyclic) bond motifs is 3. The lowest BCUT2D eigenvalue weighted by Gasteiger charge is -2.38. The number of ether oxygens (including phenoxy) is 3.